The SMILES string of the molecule is Cc1nc(OC2CCN(C(=O)OC(C)(C)C)CC2)c(C#N)cc1Br. The second-order valence-corrected chi connectivity index (χ2v) is 7.66. The Bertz CT molecular complexity index is 656. The van der Waals surface area contributed by atoms with Gasteiger partial charge in [-0.15, -0.1) is 0 Å². The van der Waals surface area contributed by atoms with E-state index in [2.05, 4.69) is 27.0 Å². The van der Waals surface area contributed by atoms with Crippen LogP contribution in [0.5, 0.6) is 5.88 Å². The van der Waals surface area contributed by atoms with Gasteiger partial charge in [0, 0.05) is 30.4 Å². The van der Waals surface area contributed by atoms with Crippen molar-refractivity contribution in [3.63, 3.8) is 0 Å². The van der Waals surface area contributed by atoms with Crippen LogP contribution in [0.4, 0.5) is 4.79 Å². The van der Waals surface area contributed by atoms with Crippen LogP contribution in [-0.4, -0.2) is 40.8 Å². The minimum Gasteiger partial charge on any atom is -0.473 e. The molecular formula is C17H22BrN3O3. The molecule has 1 aromatic rings. The molecule has 7 heteroatoms. The average Bonchev–Trinajstić information content (AvgIpc) is 2.49. The molecule has 0 aromatic carbocycles. The minimum atomic E-state index is -0.495. The van der Waals surface area contributed by atoms with Crippen molar-refractivity contribution in [3.05, 3.63) is 21.8 Å². The van der Waals surface area contributed by atoms with Crippen molar-refractivity contribution < 1.29 is 14.3 Å². The molecule has 0 unspecified atom stereocenters. The van der Waals surface area contributed by atoms with Gasteiger partial charge >= 0.3 is 6.09 Å². The van der Waals surface area contributed by atoms with Gasteiger partial charge in [0.05, 0.1) is 5.69 Å². The first-order valence-electron chi connectivity index (χ1n) is 7.91. The summed E-state index contributed by atoms with van der Waals surface area (Å²) < 4.78 is 12.1. The normalized spacial score (nSPS) is 15.8. The van der Waals surface area contributed by atoms with Gasteiger partial charge in [0.15, 0.2) is 0 Å². The summed E-state index contributed by atoms with van der Waals surface area (Å²) in [4.78, 5) is 18.1. The summed E-state index contributed by atoms with van der Waals surface area (Å²) in [6.07, 6.45) is 1.00. The van der Waals surface area contributed by atoms with E-state index in [4.69, 9.17) is 9.47 Å². The van der Waals surface area contributed by atoms with Gasteiger partial charge in [-0.2, -0.15) is 5.26 Å². The Hall–Kier alpha value is -1.81. The number of aryl methyl sites for hydroxylation is 1. The average molecular weight is 396 g/mol. The maximum atomic E-state index is 12.1. The molecule has 0 atom stereocenters. The fraction of sp³-hybridized carbons (Fsp3) is 0.588. The summed E-state index contributed by atoms with van der Waals surface area (Å²) in [7, 11) is 0. The Morgan fingerprint density at radius 1 is 1.42 bits per heavy atom. The maximum absolute atomic E-state index is 12.1. The first kappa shape index (κ1) is 18.5. The number of aromatic nitrogens is 1. The second kappa shape index (κ2) is 7.39. The zero-order chi connectivity index (χ0) is 17.9. The van der Waals surface area contributed by atoms with Crippen molar-refractivity contribution in [3.8, 4) is 11.9 Å². The number of likely N-dealkylation sites (tertiary alicyclic amines) is 1. The number of pyridine rings is 1. The van der Waals surface area contributed by atoms with Crippen molar-refractivity contribution in [1.82, 2.24) is 9.88 Å². The number of carbonyl (C=O) groups excluding carboxylic acids is 1. The lowest BCUT2D eigenvalue weighted by Gasteiger charge is -2.33. The fourth-order valence-corrected chi connectivity index (χ4v) is 2.69. The summed E-state index contributed by atoms with van der Waals surface area (Å²) in [5.41, 5.74) is 0.683. The van der Waals surface area contributed by atoms with Gasteiger partial charge in [-0.1, -0.05) is 0 Å². The van der Waals surface area contributed by atoms with Gasteiger partial charge in [0.1, 0.15) is 23.3 Å². The van der Waals surface area contributed by atoms with Crippen LogP contribution in [0.2, 0.25) is 0 Å². The van der Waals surface area contributed by atoms with Gasteiger partial charge < -0.3 is 14.4 Å². The molecule has 2 heterocycles. The van der Waals surface area contributed by atoms with E-state index in [9.17, 15) is 10.1 Å². The molecule has 1 saturated heterocycles. The van der Waals surface area contributed by atoms with Crippen molar-refractivity contribution >= 4 is 22.0 Å². The third kappa shape index (κ3) is 4.84. The molecule has 0 spiro atoms. The Morgan fingerprint density at radius 3 is 2.58 bits per heavy atom. The maximum Gasteiger partial charge on any atom is 0.410 e. The van der Waals surface area contributed by atoms with Crippen LogP contribution in [-0.2, 0) is 4.74 Å². The number of halogens is 1. The van der Waals surface area contributed by atoms with E-state index in [1.165, 1.54) is 0 Å². The van der Waals surface area contributed by atoms with Crippen LogP contribution in [0, 0.1) is 18.3 Å². The van der Waals surface area contributed by atoms with Crippen LogP contribution in [0.3, 0.4) is 0 Å². The quantitative estimate of drug-likeness (QED) is 0.760. The van der Waals surface area contributed by atoms with Crippen LogP contribution in [0.15, 0.2) is 10.5 Å². The molecule has 0 bridgehead atoms. The van der Waals surface area contributed by atoms with E-state index in [-0.39, 0.29) is 12.2 Å². The zero-order valence-electron chi connectivity index (χ0n) is 14.4. The highest BCUT2D eigenvalue weighted by Crippen LogP contribution is 2.26. The summed E-state index contributed by atoms with van der Waals surface area (Å²) in [6.45, 7) is 8.54. The molecule has 24 heavy (non-hydrogen) atoms. The van der Waals surface area contributed by atoms with Gasteiger partial charge in [0.25, 0.3) is 0 Å². The smallest absolute Gasteiger partial charge is 0.410 e. The molecule has 1 fully saturated rings. The van der Waals surface area contributed by atoms with Crippen molar-refractivity contribution in [2.75, 3.05) is 13.1 Å². The van der Waals surface area contributed by atoms with E-state index >= 15 is 0 Å². The van der Waals surface area contributed by atoms with Crippen LogP contribution in [0.25, 0.3) is 0 Å². The number of hydrogen-bond acceptors (Lipinski definition) is 5. The summed E-state index contributed by atoms with van der Waals surface area (Å²) >= 11 is 3.37. The number of rotatable bonds is 2. The number of carbonyl (C=O) groups is 1. The number of nitriles is 1. The summed E-state index contributed by atoms with van der Waals surface area (Å²) in [6, 6.07) is 3.82. The van der Waals surface area contributed by atoms with E-state index in [0.29, 0.717) is 37.4 Å². The van der Waals surface area contributed by atoms with Crippen molar-refractivity contribution in [2.24, 2.45) is 0 Å². The topological polar surface area (TPSA) is 75.4 Å². The highest BCUT2D eigenvalue weighted by molar-refractivity contribution is 9.10. The monoisotopic (exact) mass is 395 g/mol. The molecule has 1 aliphatic rings. The minimum absolute atomic E-state index is 0.0659. The van der Waals surface area contributed by atoms with Gasteiger partial charge in [-0.05, 0) is 49.7 Å². The molecule has 130 valence electrons. The second-order valence-electron chi connectivity index (χ2n) is 6.80. The predicted octanol–water partition coefficient (Wildman–Crippen LogP) is 3.80. The van der Waals surface area contributed by atoms with E-state index in [1.807, 2.05) is 27.7 Å². The third-order valence-corrected chi connectivity index (χ3v) is 4.41. The standard InChI is InChI=1S/C17H22BrN3O3/c1-11-14(18)9-12(10-19)15(20-11)23-13-5-7-21(8-6-13)16(22)24-17(2,3)4/h9,13H,5-8H2,1-4H3. The lowest BCUT2D eigenvalue weighted by Crippen LogP contribution is -2.44. The van der Waals surface area contributed by atoms with E-state index < -0.39 is 5.60 Å². The van der Waals surface area contributed by atoms with Gasteiger partial charge in [0.2, 0.25) is 5.88 Å². The zero-order valence-corrected chi connectivity index (χ0v) is 16.0. The van der Waals surface area contributed by atoms with Crippen LogP contribution >= 0.6 is 15.9 Å². The van der Waals surface area contributed by atoms with Crippen molar-refractivity contribution in [2.45, 2.75) is 52.2 Å². The molecule has 0 N–H and O–H groups in total. The summed E-state index contributed by atoms with van der Waals surface area (Å²) in [5, 5.41) is 9.23. The Kier molecular flexibility index (Phi) is 5.70. The highest BCUT2D eigenvalue weighted by atomic mass is 79.9. The molecular weight excluding hydrogens is 374 g/mol. The van der Waals surface area contributed by atoms with Crippen molar-refractivity contribution in [1.29, 1.82) is 5.26 Å². The lowest BCUT2D eigenvalue weighted by molar-refractivity contribution is 0.0122. The molecule has 0 aliphatic carbocycles. The third-order valence-electron chi connectivity index (χ3n) is 3.61. The molecule has 6 nitrogen and oxygen atoms in total. The molecule has 0 saturated carbocycles. The molecule has 2 rings (SSSR count). The number of ether oxygens (including phenoxy) is 2. The Labute approximate surface area is 150 Å². The molecule has 1 amide bonds. The number of amides is 1. The molecule has 1 aliphatic heterocycles. The largest absolute Gasteiger partial charge is 0.473 e. The highest BCUT2D eigenvalue weighted by Gasteiger charge is 2.28. The van der Waals surface area contributed by atoms with Crippen LogP contribution in [0.1, 0.15) is 44.9 Å². The molecule has 1 aromatic heterocycles. The van der Waals surface area contributed by atoms with Crippen LogP contribution < -0.4 is 4.74 Å². The predicted molar refractivity (Wildman–Crippen MR) is 92.8 cm³/mol. The molecule has 0 radical (unpaired) electrons. The summed E-state index contributed by atoms with van der Waals surface area (Å²) in [5.74, 6) is 0.355. The Morgan fingerprint density at radius 2 is 2.04 bits per heavy atom. The fourth-order valence-electron chi connectivity index (χ4n) is 2.37. The van der Waals surface area contributed by atoms with E-state index in [1.54, 1.807) is 11.0 Å². The number of piperidine rings is 1. The van der Waals surface area contributed by atoms with Gasteiger partial charge in [-0.3, -0.25) is 0 Å². The first-order valence-corrected chi connectivity index (χ1v) is 8.70. The number of hydrogen-bond donors (Lipinski definition) is 0. The number of nitrogens with zero attached hydrogens (tertiary/aromatic N) is 3. The van der Waals surface area contributed by atoms with E-state index in [0.717, 1.165) is 10.2 Å². The Balaban J connectivity index is 1.96. The first-order chi connectivity index (χ1) is 11.2. The lowest BCUT2D eigenvalue weighted by atomic mass is 10.1. The van der Waals surface area contributed by atoms with Gasteiger partial charge in [-0.25, -0.2) is 9.78 Å².